The first-order valence-electron chi connectivity index (χ1n) is 6.52. The lowest BCUT2D eigenvalue weighted by Gasteiger charge is -2.11. The molecule has 0 fully saturated rings. The number of aliphatic hydroxyl groups is 1. The van der Waals surface area contributed by atoms with Gasteiger partial charge in [0.05, 0.1) is 19.1 Å². The maximum absolute atomic E-state index is 11.8. The van der Waals surface area contributed by atoms with E-state index in [4.69, 9.17) is 4.74 Å². The summed E-state index contributed by atoms with van der Waals surface area (Å²) in [6.07, 6.45) is 0.367. The van der Waals surface area contributed by atoms with Gasteiger partial charge in [0.15, 0.2) is 0 Å². The minimum atomic E-state index is -0.522. The van der Waals surface area contributed by atoms with Crippen LogP contribution in [-0.4, -0.2) is 37.4 Å². The van der Waals surface area contributed by atoms with Crippen molar-refractivity contribution >= 4 is 5.91 Å². The van der Waals surface area contributed by atoms with Crippen molar-refractivity contribution in [3.63, 3.8) is 0 Å². The molecular weight excluding hydrogens is 242 g/mol. The number of hydrogen-bond acceptors (Lipinski definition) is 3. The monoisotopic (exact) mass is 265 g/mol. The van der Waals surface area contributed by atoms with E-state index in [1.54, 1.807) is 7.11 Å². The summed E-state index contributed by atoms with van der Waals surface area (Å²) in [6, 6.07) is 6.10. The lowest BCUT2D eigenvalue weighted by Crippen LogP contribution is -2.29. The number of aryl methyl sites for hydroxylation is 2. The zero-order chi connectivity index (χ0) is 14.3. The predicted molar refractivity (Wildman–Crippen MR) is 75.1 cm³/mol. The molecule has 4 nitrogen and oxygen atoms in total. The lowest BCUT2D eigenvalue weighted by atomic mass is 10.0. The summed E-state index contributed by atoms with van der Waals surface area (Å²) in [4.78, 5) is 11.8. The molecule has 1 unspecified atom stereocenters. The fourth-order valence-corrected chi connectivity index (χ4v) is 1.88. The van der Waals surface area contributed by atoms with Crippen molar-refractivity contribution in [3.05, 3.63) is 34.9 Å². The van der Waals surface area contributed by atoms with E-state index in [1.807, 2.05) is 32.0 Å². The van der Waals surface area contributed by atoms with E-state index in [0.717, 1.165) is 16.7 Å². The molecule has 2 N–H and O–H groups in total. The topological polar surface area (TPSA) is 58.6 Å². The Morgan fingerprint density at radius 2 is 2.16 bits per heavy atom. The molecule has 0 spiro atoms. The van der Waals surface area contributed by atoms with Gasteiger partial charge in [-0.25, -0.2) is 0 Å². The highest BCUT2D eigenvalue weighted by Gasteiger charge is 2.08. The number of carbonyl (C=O) groups excluding carboxylic acids is 1. The summed E-state index contributed by atoms with van der Waals surface area (Å²) in [5, 5.41) is 12.3. The molecule has 0 aliphatic carbocycles. The van der Waals surface area contributed by atoms with Crippen LogP contribution in [0.4, 0.5) is 0 Å². The Balaban J connectivity index is 2.37. The third-order valence-electron chi connectivity index (χ3n) is 3.01. The van der Waals surface area contributed by atoms with Crippen LogP contribution in [0.25, 0.3) is 0 Å². The molecule has 0 bridgehead atoms. The minimum Gasteiger partial charge on any atom is -0.391 e. The van der Waals surface area contributed by atoms with Gasteiger partial charge < -0.3 is 15.2 Å². The molecule has 0 saturated carbocycles. The third kappa shape index (κ3) is 5.85. The van der Waals surface area contributed by atoms with Crippen molar-refractivity contribution in [1.82, 2.24) is 5.32 Å². The largest absolute Gasteiger partial charge is 0.391 e. The van der Waals surface area contributed by atoms with Crippen molar-refractivity contribution in [1.29, 1.82) is 0 Å². The van der Waals surface area contributed by atoms with Crippen LogP contribution in [0.1, 0.15) is 23.1 Å². The fraction of sp³-hybridized carbons (Fsp3) is 0.533. The van der Waals surface area contributed by atoms with Gasteiger partial charge in [0.1, 0.15) is 0 Å². The van der Waals surface area contributed by atoms with Crippen molar-refractivity contribution in [2.24, 2.45) is 0 Å². The molecular formula is C15H23NO3. The average molecular weight is 265 g/mol. The van der Waals surface area contributed by atoms with Gasteiger partial charge in [0.25, 0.3) is 0 Å². The zero-order valence-electron chi connectivity index (χ0n) is 11.9. The molecule has 1 aromatic rings. The van der Waals surface area contributed by atoms with Crippen molar-refractivity contribution in [2.75, 3.05) is 20.3 Å². The summed E-state index contributed by atoms with van der Waals surface area (Å²) in [5.41, 5.74) is 3.33. The van der Waals surface area contributed by atoms with E-state index in [-0.39, 0.29) is 5.91 Å². The summed E-state index contributed by atoms with van der Waals surface area (Å²) in [5.74, 6) is -0.0154. The van der Waals surface area contributed by atoms with Gasteiger partial charge in [0.2, 0.25) is 5.91 Å². The summed E-state index contributed by atoms with van der Waals surface area (Å²) < 4.78 is 4.82. The Kier molecular flexibility index (Phi) is 6.53. The molecule has 1 amide bonds. The molecule has 0 heterocycles. The highest BCUT2D eigenvalue weighted by Crippen LogP contribution is 2.11. The van der Waals surface area contributed by atoms with Gasteiger partial charge in [-0.15, -0.1) is 0 Å². The molecule has 0 saturated heterocycles. The van der Waals surface area contributed by atoms with Gasteiger partial charge in [-0.2, -0.15) is 0 Å². The molecule has 0 aromatic heterocycles. The van der Waals surface area contributed by atoms with Gasteiger partial charge in [-0.05, 0) is 31.4 Å². The van der Waals surface area contributed by atoms with Gasteiger partial charge in [0, 0.05) is 13.7 Å². The van der Waals surface area contributed by atoms with E-state index in [9.17, 15) is 9.90 Å². The van der Waals surface area contributed by atoms with Crippen LogP contribution in [0.15, 0.2) is 18.2 Å². The average Bonchev–Trinajstić information content (AvgIpc) is 2.34. The first-order chi connectivity index (χ1) is 9.02. The van der Waals surface area contributed by atoms with E-state index >= 15 is 0 Å². The number of ether oxygens (including phenoxy) is 1. The highest BCUT2D eigenvalue weighted by atomic mass is 16.5. The molecule has 106 valence electrons. The summed E-state index contributed by atoms with van der Waals surface area (Å²) in [6.45, 7) is 4.79. The second kappa shape index (κ2) is 7.92. The highest BCUT2D eigenvalue weighted by molar-refractivity contribution is 5.78. The van der Waals surface area contributed by atoms with Crippen LogP contribution in [-0.2, 0) is 16.0 Å². The summed E-state index contributed by atoms with van der Waals surface area (Å²) in [7, 11) is 1.54. The van der Waals surface area contributed by atoms with Crippen molar-refractivity contribution in [3.8, 4) is 0 Å². The molecule has 0 aliphatic rings. The van der Waals surface area contributed by atoms with Crippen LogP contribution in [0.3, 0.4) is 0 Å². The molecule has 1 aromatic carbocycles. The number of amides is 1. The second-order valence-electron chi connectivity index (χ2n) is 4.85. The third-order valence-corrected chi connectivity index (χ3v) is 3.01. The number of hydrogen-bond donors (Lipinski definition) is 2. The molecule has 0 radical (unpaired) electrons. The minimum absolute atomic E-state index is 0.0154. The van der Waals surface area contributed by atoms with Crippen LogP contribution >= 0.6 is 0 Å². The normalized spacial score (nSPS) is 12.2. The molecule has 0 aliphatic heterocycles. The van der Waals surface area contributed by atoms with E-state index in [1.165, 1.54) is 0 Å². The molecule has 4 heteroatoms. The number of aliphatic hydroxyl groups excluding tert-OH is 1. The Morgan fingerprint density at radius 3 is 2.84 bits per heavy atom. The number of methoxy groups -OCH3 is 1. The van der Waals surface area contributed by atoms with E-state index in [0.29, 0.717) is 26.0 Å². The maximum atomic E-state index is 11.8. The molecule has 19 heavy (non-hydrogen) atoms. The van der Waals surface area contributed by atoms with Crippen LogP contribution in [0, 0.1) is 13.8 Å². The lowest BCUT2D eigenvalue weighted by molar-refractivity contribution is -0.120. The number of benzene rings is 1. The Hall–Kier alpha value is -1.39. The Morgan fingerprint density at radius 1 is 1.42 bits per heavy atom. The summed E-state index contributed by atoms with van der Waals surface area (Å²) >= 11 is 0. The van der Waals surface area contributed by atoms with Crippen LogP contribution < -0.4 is 5.32 Å². The number of rotatable bonds is 7. The number of nitrogens with one attached hydrogen (secondary N) is 1. The fourth-order valence-electron chi connectivity index (χ4n) is 1.88. The first kappa shape index (κ1) is 15.7. The standard InChI is InChI=1S/C15H23NO3/c1-11-4-5-12(2)13(8-11)9-15(18)16-7-6-14(17)10-19-3/h4-5,8,14,17H,6-7,9-10H2,1-3H3,(H,16,18). The maximum Gasteiger partial charge on any atom is 0.224 e. The Labute approximate surface area is 114 Å². The SMILES string of the molecule is COCC(O)CCNC(=O)Cc1cc(C)ccc1C. The first-order valence-corrected chi connectivity index (χ1v) is 6.52. The second-order valence-corrected chi connectivity index (χ2v) is 4.85. The van der Waals surface area contributed by atoms with E-state index in [2.05, 4.69) is 5.32 Å². The number of carbonyl (C=O) groups is 1. The van der Waals surface area contributed by atoms with Gasteiger partial charge in [-0.1, -0.05) is 23.8 Å². The van der Waals surface area contributed by atoms with Gasteiger partial charge >= 0.3 is 0 Å². The quantitative estimate of drug-likeness (QED) is 0.782. The Bertz CT molecular complexity index is 418. The molecule has 1 rings (SSSR count). The van der Waals surface area contributed by atoms with Gasteiger partial charge in [-0.3, -0.25) is 4.79 Å². The predicted octanol–water partition coefficient (Wildman–Crippen LogP) is 1.36. The smallest absolute Gasteiger partial charge is 0.224 e. The van der Waals surface area contributed by atoms with Crippen LogP contribution in [0.5, 0.6) is 0 Å². The molecule has 1 atom stereocenters. The zero-order valence-corrected chi connectivity index (χ0v) is 11.9. The van der Waals surface area contributed by atoms with Crippen molar-refractivity contribution < 1.29 is 14.6 Å². The van der Waals surface area contributed by atoms with E-state index < -0.39 is 6.10 Å². The van der Waals surface area contributed by atoms with Crippen LogP contribution in [0.2, 0.25) is 0 Å². The van der Waals surface area contributed by atoms with Crippen molar-refractivity contribution in [2.45, 2.75) is 32.8 Å².